The zero-order chi connectivity index (χ0) is 22.3. The van der Waals surface area contributed by atoms with E-state index in [1.807, 2.05) is 0 Å². The van der Waals surface area contributed by atoms with Gasteiger partial charge >= 0.3 is 0 Å². The molecular formula is C19H22ClN3O6S. The summed E-state index contributed by atoms with van der Waals surface area (Å²) in [7, 11) is -1.26. The van der Waals surface area contributed by atoms with Crippen LogP contribution in [0.3, 0.4) is 0 Å². The maximum absolute atomic E-state index is 12.8. The molecule has 11 heteroatoms. The van der Waals surface area contributed by atoms with Crippen LogP contribution < -0.4 is 20.3 Å². The number of carbonyl (C=O) groups excluding carboxylic acids is 2. The number of benzene rings is 2. The first-order valence-electron chi connectivity index (χ1n) is 8.75. The minimum absolute atomic E-state index is 0.0140. The van der Waals surface area contributed by atoms with E-state index >= 15 is 0 Å². The number of rotatable bonds is 8. The lowest BCUT2D eigenvalue weighted by molar-refractivity contribution is -0.124. The maximum Gasteiger partial charge on any atom is 0.269 e. The Kier molecular flexibility index (Phi) is 8.04. The minimum atomic E-state index is -4.13. The summed E-state index contributed by atoms with van der Waals surface area (Å²) in [6.45, 7) is 1.70. The number of hydrogen-bond donors (Lipinski definition) is 3. The van der Waals surface area contributed by atoms with Crippen molar-refractivity contribution in [1.82, 2.24) is 10.9 Å². The molecule has 0 saturated carbocycles. The Hall–Kier alpha value is -2.82. The first kappa shape index (κ1) is 23.5. The van der Waals surface area contributed by atoms with Crippen molar-refractivity contribution in [2.24, 2.45) is 0 Å². The first-order chi connectivity index (χ1) is 14.2. The van der Waals surface area contributed by atoms with Gasteiger partial charge in [-0.05, 0) is 37.3 Å². The number of halogens is 1. The summed E-state index contributed by atoms with van der Waals surface area (Å²) >= 11 is 6.06. The smallest absolute Gasteiger partial charge is 0.269 e. The molecule has 3 N–H and O–H groups in total. The number of para-hydroxylation sites is 2. The number of amides is 2. The van der Waals surface area contributed by atoms with E-state index in [4.69, 9.17) is 21.1 Å². The molecule has 1 unspecified atom stereocenters. The monoisotopic (exact) mass is 455 g/mol. The minimum Gasteiger partial charge on any atom is -0.495 e. The molecule has 2 rings (SSSR count). The fraction of sp³-hybridized carbons (Fsp3) is 0.263. The molecule has 0 aromatic heterocycles. The van der Waals surface area contributed by atoms with Crippen molar-refractivity contribution < 1.29 is 27.5 Å². The van der Waals surface area contributed by atoms with Gasteiger partial charge in [0.05, 0.1) is 30.3 Å². The zero-order valence-corrected chi connectivity index (χ0v) is 18.1. The fourth-order valence-corrected chi connectivity index (χ4v) is 3.97. The third-order valence-electron chi connectivity index (χ3n) is 4.02. The number of hydrogen-bond acceptors (Lipinski definition) is 6. The number of hydrazine groups is 1. The van der Waals surface area contributed by atoms with Gasteiger partial charge in [0.1, 0.15) is 10.6 Å². The predicted octanol–water partition coefficient (Wildman–Crippen LogP) is 2.34. The van der Waals surface area contributed by atoms with Crippen molar-refractivity contribution in [3.8, 4) is 5.75 Å². The second-order valence-corrected chi connectivity index (χ2v) is 8.26. The highest BCUT2D eigenvalue weighted by Gasteiger charge is 2.22. The average molecular weight is 456 g/mol. The summed E-state index contributed by atoms with van der Waals surface area (Å²) in [5.74, 6) is -0.852. The van der Waals surface area contributed by atoms with Crippen LogP contribution in [-0.4, -0.2) is 40.6 Å². The Bertz CT molecular complexity index is 1030. The lowest BCUT2D eigenvalue weighted by atomic mass is 10.2. The topological polar surface area (TPSA) is 123 Å². The molecule has 0 spiro atoms. The number of carbonyl (C=O) groups is 2. The van der Waals surface area contributed by atoms with Crippen molar-refractivity contribution in [1.29, 1.82) is 0 Å². The predicted molar refractivity (Wildman–Crippen MR) is 112 cm³/mol. The largest absolute Gasteiger partial charge is 0.495 e. The van der Waals surface area contributed by atoms with Gasteiger partial charge in [-0.25, -0.2) is 8.42 Å². The quantitative estimate of drug-likeness (QED) is 0.525. The summed E-state index contributed by atoms with van der Waals surface area (Å²) in [6.07, 6.45) is -0.282. The Balaban J connectivity index is 2.19. The van der Waals surface area contributed by atoms with Gasteiger partial charge in [-0.1, -0.05) is 23.7 Å². The molecule has 0 heterocycles. The number of ether oxygens (including phenoxy) is 2. The van der Waals surface area contributed by atoms with E-state index < -0.39 is 21.8 Å². The van der Waals surface area contributed by atoms with Crippen LogP contribution in [0.1, 0.15) is 23.7 Å². The highest BCUT2D eigenvalue weighted by atomic mass is 35.5. The summed E-state index contributed by atoms with van der Waals surface area (Å²) in [4.78, 5) is 23.8. The molecule has 0 saturated heterocycles. The summed E-state index contributed by atoms with van der Waals surface area (Å²) in [5.41, 5.74) is 4.66. The number of anilines is 1. The van der Waals surface area contributed by atoms with Gasteiger partial charge in [-0.15, -0.1) is 0 Å². The Morgan fingerprint density at radius 3 is 2.47 bits per heavy atom. The van der Waals surface area contributed by atoms with Crippen LogP contribution in [0.15, 0.2) is 47.4 Å². The SMILES string of the molecule is COc1ccccc1NS(=O)(=O)c1cc(C(=O)NNC(=O)CC(C)OC)ccc1Cl. The highest BCUT2D eigenvalue weighted by molar-refractivity contribution is 7.92. The Morgan fingerprint density at radius 2 is 1.80 bits per heavy atom. The van der Waals surface area contributed by atoms with Crippen LogP contribution in [0.5, 0.6) is 5.75 Å². The highest BCUT2D eigenvalue weighted by Crippen LogP contribution is 2.29. The molecule has 0 bridgehead atoms. The third-order valence-corrected chi connectivity index (χ3v) is 5.87. The van der Waals surface area contributed by atoms with Gasteiger partial charge in [0.2, 0.25) is 5.91 Å². The van der Waals surface area contributed by atoms with E-state index in [0.29, 0.717) is 5.75 Å². The van der Waals surface area contributed by atoms with Crippen molar-refractivity contribution >= 4 is 39.1 Å². The van der Waals surface area contributed by atoms with Gasteiger partial charge in [0.25, 0.3) is 15.9 Å². The molecule has 162 valence electrons. The van der Waals surface area contributed by atoms with E-state index in [9.17, 15) is 18.0 Å². The number of nitrogens with one attached hydrogen (secondary N) is 3. The van der Waals surface area contributed by atoms with Gasteiger partial charge < -0.3 is 9.47 Å². The van der Waals surface area contributed by atoms with Gasteiger partial charge in [0.15, 0.2) is 0 Å². The third kappa shape index (κ3) is 6.09. The Labute approximate surface area is 179 Å². The molecule has 1 atom stereocenters. The molecule has 9 nitrogen and oxygen atoms in total. The lowest BCUT2D eigenvalue weighted by Crippen LogP contribution is -2.42. The normalized spacial score (nSPS) is 12.0. The molecule has 2 aromatic rings. The van der Waals surface area contributed by atoms with Gasteiger partial charge in [-0.3, -0.25) is 25.2 Å². The zero-order valence-electron chi connectivity index (χ0n) is 16.6. The number of sulfonamides is 1. The van der Waals surface area contributed by atoms with Gasteiger partial charge in [-0.2, -0.15) is 0 Å². The molecule has 0 radical (unpaired) electrons. The van der Waals surface area contributed by atoms with Crippen LogP contribution in [0.2, 0.25) is 5.02 Å². The lowest BCUT2D eigenvalue weighted by Gasteiger charge is -2.14. The molecule has 0 aliphatic heterocycles. The molecular weight excluding hydrogens is 434 g/mol. The van der Waals surface area contributed by atoms with E-state index in [2.05, 4.69) is 15.6 Å². The molecule has 30 heavy (non-hydrogen) atoms. The summed E-state index contributed by atoms with van der Waals surface area (Å²) in [5, 5.41) is -0.0769. The van der Waals surface area contributed by atoms with Crippen LogP contribution in [0, 0.1) is 0 Å². The maximum atomic E-state index is 12.8. The van der Waals surface area contributed by atoms with Gasteiger partial charge in [0, 0.05) is 12.7 Å². The molecule has 2 amide bonds. The number of methoxy groups -OCH3 is 2. The van der Waals surface area contributed by atoms with Crippen LogP contribution in [0.4, 0.5) is 5.69 Å². The van der Waals surface area contributed by atoms with Crippen molar-refractivity contribution in [3.05, 3.63) is 53.1 Å². The average Bonchev–Trinajstić information content (AvgIpc) is 2.72. The van der Waals surface area contributed by atoms with Crippen LogP contribution in [-0.2, 0) is 19.6 Å². The summed E-state index contributed by atoms with van der Waals surface area (Å²) < 4.78 is 38.1. The van der Waals surface area contributed by atoms with E-state index in [1.165, 1.54) is 32.4 Å². The molecule has 0 aliphatic carbocycles. The standard InChI is InChI=1S/C19H22ClN3O6S/c1-12(28-2)10-18(24)21-22-19(25)13-8-9-14(20)17(11-13)30(26,27)23-15-6-4-5-7-16(15)29-3/h4-9,11-12,23H,10H2,1-3H3,(H,21,24)(H,22,25). The van der Waals surface area contributed by atoms with Crippen LogP contribution in [0.25, 0.3) is 0 Å². The molecule has 2 aromatic carbocycles. The first-order valence-corrected chi connectivity index (χ1v) is 10.6. The van der Waals surface area contributed by atoms with Crippen LogP contribution >= 0.6 is 11.6 Å². The molecule has 0 fully saturated rings. The summed E-state index contributed by atoms with van der Waals surface area (Å²) in [6, 6.07) is 10.2. The van der Waals surface area contributed by atoms with E-state index in [0.717, 1.165) is 6.07 Å². The van der Waals surface area contributed by atoms with E-state index in [-0.39, 0.29) is 33.7 Å². The molecule has 0 aliphatic rings. The second kappa shape index (κ2) is 10.3. The Morgan fingerprint density at radius 1 is 1.10 bits per heavy atom. The van der Waals surface area contributed by atoms with E-state index in [1.54, 1.807) is 25.1 Å². The van der Waals surface area contributed by atoms with Crippen molar-refractivity contribution in [2.45, 2.75) is 24.3 Å². The fourth-order valence-electron chi connectivity index (χ4n) is 2.37. The second-order valence-electron chi connectivity index (χ2n) is 6.20. The van der Waals surface area contributed by atoms with Crippen molar-refractivity contribution in [3.63, 3.8) is 0 Å². The van der Waals surface area contributed by atoms with Crippen molar-refractivity contribution in [2.75, 3.05) is 18.9 Å².